The van der Waals surface area contributed by atoms with E-state index in [1.807, 2.05) is 5.38 Å². The lowest BCUT2D eigenvalue weighted by Crippen LogP contribution is -2.20. The van der Waals surface area contributed by atoms with Gasteiger partial charge in [0, 0.05) is 16.4 Å². The number of nitrogens with zero attached hydrogens (tertiary/aromatic N) is 1. The SMILES string of the molecule is CC(CC(=O)Nc1ccc(Cl)cc1)=NNC(=O)c1cccs1. The molecule has 1 heterocycles. The maximum Gasteiger partial charge on any atom is 0.281 e. The minimum atomic E-state index is -0.285. The lowest BCUT2D eigenvalue weighted by atomic mass is 10.2. The van der Waals surface area contributed by atoms with Gasteiger partial charge in [-0.25, -0.2) is 5.43 Å². The number of benzene rings is 1. The van der Waals surface area contributed by atoms with Crippen LogP contribution in [-0.2, 0) is 4.79 Å². The summed E-state index contributed by atoms with van der Waals surface area (Å²) < 4.78 is 0. The van der Waals surface area contributed by atoms with Gasteiger partial charge in [0.05, 0.1) is 11.3 Å². The molecule has 5 nitrogen and oxygen atoms in total. The summed E-state index contributed by atoms with van der Waals surface area (Å²) in [6, 6.07) is 10.3. The Hall–Kier alpha value is -2.18. The largest absolute Gasteiger partial charge is 0.326 e. The fourth-order valence-electron chi connectivity index (χ4n) is 1.62. The van der Waals surface area contributed by atoms with Gasteiger partial charge in [-0.05, 0) is 42.6 Å². The molecule has 1 aromatic heterocycles. The molecule has 2 rings (SSSR count). The Morgan fingerprint density at radius 2 is 1.95 bits per heavy atom. The number of hydrazone groups is 1. The Labute approximate surface area is 137 Å². The van der Waals surface area contributed by atoms with Crippen LogP contribution in [0.15, 0.2) is 46.9 Å². The topological polar surface area (TPSA) is 70.6 Å². The summed E-state index contributed by atoms with van der Waals surface area (Å²) in [6.45, 7) is 1.68. The molecule has 0 atom stereocenters. The molecule has 0 fully saturated rings. The zero-order chi connectivity index (χ0) is 15.9. The number of rotatable bonds is 5. The predicted molar refractivity (Wildman–Crippen MR) is 89.6 cm³/mol. The number of anilines is 1. The van der Waals surface area contributed by atoms with E-state index in [4.69, 9.17) is 11.6 Å². The molecule has 114 valence electrons. The number of nitrogens with one attached hydrogen (secondary N) is 2. The average Bonchev–Trinajstić information content (AvgIpc) is 3.01. The Kier molecular flexibility index (Phi) is 5.68. The molecule has 2 amide bonds. The van der Waals surface area contributed by atoms with Crippen molar-refractivity contribution in [1.82, 2.24) is 5.43 Å². The molecular formula is C15H14ClN3O2S. The number of halogens is 1. The summed E-state index contributed by atoms with van der Waals surface area (Å²) >= 11 is 7.10. The Morgan fingerprint density at radius 1 is 1.23 bits per heavy atom. The fourth-order valence-corrected chi connectivity index (χ4v) is 2.36. The van der Waals surface area contributed by atoms with Gasteiger partial charge in [-0.1, -0.05) is 17.7 Å². The van der Waals surface area contributed by atoms with Crippen LogP contribution in [-0.4, -0.2) is 17.5 Å². The van der Waals surface area contributed by atoms with Crippen molar-refractivity contribution in [2.24, 2.45) is 5.10 Å². The van der Waals surface area contributed by atoms with E-state index in [-0.39, 0.29) is 18.2 Å². The molecule has 0 saturated carbocycles. The molecule has 0 aliphatic carbocycles. The maximum atomic E-state index is 11.8. The van der Waals surface area contributed by atoms with Crippen LogP contribution in [0.4, 0.5) is 5.69 Å². The van der Waals surface area contributed by atoms with Crippen molar-refractivity contribution in [3.63, 3.8) is 0 Å². The first-order valence-electron chi connectivity index (χ1n) is 6.47. The van der Waals surface area contributed by atoms with Crippen LogP contribution in [0, 0.1) is 0 Å². The Morgan fingerprint density at radius 3 is 2.59 bits per heavy atom. The van der Waals surface area contributed by atoms with Gasteiger partial charge in [0.25, 0.3) is 5.91 Å². The molecular weight excluding hydrogens is 322 g/mol. The van der Waals surface area contributed by atoms with Gasteiger partial charge in [-0.3, -0.25) is 9.59 Å². The van der Waals surface area contributed by atoms with E-state index >= 15 is 0 Å². The first-order valence-corrected chi connectivity index (χ1v) is 7.73. The van der Waals surface area contributed by atoms with Gasteiger partial charge in [0.1, 0.15) is 0 Å². The molecule has 0 radical (unpaired) electrons. The number of hydrogen-bond acceptors (Lipinski definition) is 4. The summed E-state index contributed by atoms with van der Waals surface area (Å²) in [4.78, 5) is 24.1. The number of carbonyl (C=O) groups excluding carboxylic acids is 2. The third-order valence-corrected chi connectivity index (χ3v) is 3.76. The molecule has 0 aliphatic rings. The standard InChI is InChI=1S/C15H14ClN3O2S/c1-10(18-19-15(21)13-3-2-8-22-13)9-14(20)17-12-6-4-11(16)5-7-12/h2-8H,9H2,1H3,(H,17,20)(H,19,21). The van der Waals surface area contributed by atoms with Crippen LogP contribution < -0.4 is 10.7 Å². The fraction of sp³-hybridized carbons (Fsp3) is 0.133. The van der Waals surface area contributed by atoms with E-state index in [2.05, 4.69) is 15.8 Å². The maximum absolute atomic E-state index is 11.8. The molecule has 0 aliphatic heterocycles. The van der Waals surface area contributed by atoms with Gasteiger partial charge in [-0.2, -0.15) is 5.10 Å². The summed E-state index contributed by atoms with van der Waals surface area (Å²) in [5.74, 6) is -0.499. The van der Waals surface area contributed by atoms with E-state index in [0.29, 0.717) is 21.3 Å². The van der Waals surface area contributed by atoms with Crippen LogP contribution >= 0.6 is 22.9 Å². The lowest BCUT2D eigenvalue weighted by Gasteiger charge is -2.05. The van der Waals surface area contributed by atoms with Crippen molar-refractivity contribution in [2.75, 3.05) is 5.32 Å². The highest BCUT2D eigenvalue weighted by Gasteiger charge is 2.07. The molecule has 2 N–H and O–H groups in total. The van der Waals surface area contributed by atoms with Crippen molar-refractivity contribution >= 4 is 46.2 Å². The minimum absolute atomic E-state index is 0.0906. The number of thiophene rings is 1. The zero-order valence-corrected chi connectivity index (χ0v) is 13.4. The van der Waals surface area contributed by atoms with Crippen LogP contribution in [0.3, 0.4) is 0 Å². The summed E-state index contributed by atoms with van der Waals surface area (Å²) in [5.41, 5.74) is 3.59. The van der Waals surface area contributed by atoms with Crippen molar-refractivity contribution in [2.45, 2.75) is 13.3 Å². The van der Waals surface area contributed by atoms with Crippen LogP contribution in [0.25, 0.3) is 0 Å². The quantitative estimate of drug-likeness (QED) is 0.648. The van der Waals surface area contributed by atoms with Crippen LogP contribution in [0.1, 0.15) is 23.0 Å². The van der Waals surface area contributed by atoms with Crippen molar-refractivity contribution in [3.05, 3.63) is 51.7 Å². The van der Waals surface area contributed by atoms with Gasteiger partial charge < -0.3 is 5.32 Å². The molecule has 7 heteroatoms. The van der Waals surface area contributed by atoms with Gasteiger partial charge in [-0.15, -0.1) is 11.3 Å². The van der Waals surface area contributed by atoms with E-state index < -0.39 is 0 Å². The summed E-state index contributed by atoms with van der Waals surface area (Å²) in [7, 11) is 0. The second-order valence-corrected chi connectivity index (χ2v) is 5.88. The van der Waals surface area contributed by atoms with Gasteiger partial charge in [0.2, 0.25) is 5.91 Å². The smallest absolute Gasteiger partial charge is 0.281 e. The van der Waals surface area contributed by atoms with Gasteiger partial charge in [0.15, 0.2) is 0 Å². The third-order valence-electron chi connectivity index (χ3n) is 2.64. The van der Waals surface area contributed by atoms with Crippen LogP contribution in [0.2, 0.25) is 5.02 Å². The molecule has 0 unspecified atom stereocenters. The zero-order valence-electron chi connectivity index (χ0n) is 11.8. The second-order valence-electron chi connectivity index (χ2n) is 4.50. The van der Waals surface area contributed by atoms with Crippen molar-refractivity contribution in [1.29, 1.82) is 0 Å². The number of hydrogen-bond donors (Lipinski definition) is 2. The highest BCUT2D eigenvalue weighted by molar-refractivity contribution is 7.12. The number of amides is 2. The highest BCUT2D eigenvalue weighted by Crippen LogP contribution is 2.13. The van der Waals surface area contributed by atoms with E-state index in [1.54, 1.807) is 43.3 Å². The first kappa shape index (κ1) is 16.2. The summed E-state index contributed by atoms with van der Waals surface area (Å²) in [5, 5.41) is 9.06. The molecule has 0 saturated heterocycles. The van der Waals surface area contributed by atoms with Crippen molar-refractivity contribution < 1.29 is 9.59 Å². The highest BCUT2D eigenvalue weighted by atomic mass is 35.5. The van der Waals surface area contributed by atoms with Crippen molar-refractivity contribution in [3.8, 4) is 0 Å². The normalized spacial score (nSPS) is 11.1. The molecule has 1 aromatic carbocycles. The minimum Gasteiger partial charge on any atom is -0.326 e. The molecule has 2 aromatic rings. The number of carbonyl (C=O) groups is 2. The van der Waals surface area contributed by atoms with E-state index in [9.17, 15) is 9.59 Å². The van der Waals surface area contributed by atoms with E-state index in [0.717, 1.165) is 0 Å². The Balaban J connectivity index is 1.84. The summed E-state index contributed by atoms with van der Waals surface area (Å²) in [6.07, 6.45) is 0.0906. The molecule has 0 bridgehead atoms. The molecule has 0 spiro atoms. The van der Waals surface area contributed by atoms with Crippen LogP contribution in [0.5, 0.6) is 0 Å². The van der Waals surface area contributed by atoms with E-state index in [1.165, 1.54) is 11.3 Å². The average molecular weight is 336 g/mol. The molecule has 22 heavy (non-hydrogen) atoms. The lowest BCUT2D eigenvalue weighted by molar-refractivity contribution is -0.115. The monoisotopic (exact) mass is 335 g/mol. The first-order chi connectivity index (χ1) is 10.5. The Bertz CT molecular complexity index is 681. The predicted octanol–water partition coefficient (Wildman–Crippen LogP) is 3.54. The third kappa shape index (κ3) is 4.98. The second kappa shape index (κ2) is 7.72. The van der Waals surface area contributed by atoms with Gasteiger partial charge >= 0.3 is 0 Å².